The molecule has 0 saturated heterocycles. The molecular formula is C13H18N2O. The zero-order valence-corrected chi connectivity index (χ0v) is 10.1. The molecule has 0 atom stereocenters. The fraction of sp³-hybridized carbons (Fsp3) is 0.462. The number of ether oxygens (including phenoxy) is 1. The second kappa shape index (κ2) is 4.56. The maximum atomic E-state index is 5.50. The zero-order valence-electron chi connectivity index (χ0n) is 10.1. The summed E-state index contributed by atoms with van der Waals surface area (Å²) in [5.41, 5.74) is 3.32. The predicted octanol–water partition coefficient (Wildman–Crippen LogP) is 2.64. The second-order valence-electron chi connectivity index (χ2n) is 4.20. The first-order chi connectivity index (χ1) is 7.74. The highest BCUT2D eigenvalue weighted by Gasteiger charge is 2.20. The van der Waals surface area contributed by atoms with E-state index in [1.165, 1.54) is 5.56 Å². The van der Waals surface area contributed by atoms with Crippen molar-refractivity contribution in [1.82, 2.24) is 9.88 Å². The molecular weight excluding hydrogens is 200 g/mol. The normalized spacial score (nSPS) is 14.1. The Hall–Kier alpha value is -1.51. The van der Waals surface area contributed by atoms with Crippen LogP contribution in [0.1, 0.15) is 32.0 Å². The van der Waals surface area contributed by atoms with Crippen LogP contribution in [-0.4, -0.2) is 22.5 Å². The maximum absolute atomic E-state index is 5.50. The van der Waals surface area contributed by atoms with Crippen LogP contribution in [0, 0.1) is 0 Å². The summed E-state index contributed by atoms with van der Waals surface area (Å²) in [4.78, 5) is 6.76. The maximum Gasteiger partial charge on any atom is 0.115 e. The standard InChI is InChI=1S/C13H18N2O/c1-4-15(10(2)3)12-9-16-8-11-6-5-7-14-13(11)12/h5-7,9-10H,4,8H2,1-3H3. The third-order valence-electron chi connectivity index (χ3n) is 2.84. The fourth-order valence-corrected chi connectivity index (χ4v) is 2.07. The molecule has 0 aromatic carbocycles. The van der Waals surface area contributed by atoms with Crippen LogP contribution >= 0.6 is 0 Å². The third-order valence-corrected chi connectivity index (χ3v) is 2.84. The lowest BCUT2D eigenvalue weighted by Crippen LogP contribution is -2.31. The van der Waals surface area contributed by atoms with E-state index in [2.05, 4.69) is 36.7 Å². The lowest BCUT2D eigenvalue weighted by Gasteiger charge is -2.31. The van der Waals surface area contributed by atoms with Crippen LogP contribution in [0.2, 0.25) is 0 Å². The van der Waals surface area contributed by atoms with Gasteiger partial charge in [-0.3, -0.25) is 4.98 Å². The van der Waals surface area contributed by atoms with Crippen molar-refractivity contribution in [2.45, 2.75) is 33.4 Å². The summed E-state index contributed by atoms with van der Waals surface area (Å²) in [5.74, 6) is 0. The van der Waals surface area contributed by atoms with Crippen molar-refractivity contribution >= 4 is 5.70 Å². The summed E-state index contributed by atoms with van der Waals surface area (Å²) in [5, 5.41) is 0. The minimum atomic E-state index is 0.452. The van der Waals surface area contributed by atoms with Gasteiger partial charge in [-0.15, -0.1) is 0 Å². The van der Waals surface area contributed by atoms with Crippen LogP contribution in [-0.2, 0) is 11.3 Å². The lowest BCUT2D eigenvalue weighted by atomic mass is 10.1. The molecule has 0 bridgehead atoms. The van der Waals surface area contributed by atoms with E-state index in [1.54, 1.807) is 0 Å². The van der Waals surface area contributed by atoms with Crippen molar-refractivity contribution in [3.8, 4) is 0 Å². The van der Waals surface area contributed by atoms with Crippen molar-refractivity contribution in [3.05, 3.63) is 35.8 Å². The molecule has 1 aliphatic heterocycles. The number of nitrogens with zero attached hydrogens (tertiary/aromatic N) is 2. The van der Waals surface area contributed by atoms with Gasteiger partial charge in [0.05, 0.1) is 11.4 Å². The van der Waals surface area contributed by atoms with Crippen LogP contribution in [0.15, 0.2) is 24.6 Å². The van der Waals surface area contributed by atoms with E-state index in [0.717, 1.165) is 17.9 Å². The van der Waals surface area contributed by atoms with Crippen molar-refractivity contribution in [2.75, 3.05) is 6.54 Å². The van der Waals surface area contributed by atoms with Gasteiger partial charge in [0.25, 0.3) is 0 Å². The summed E-state index contributed by atoms with van der Waals surface area (Å²) < 4.78 is 5.50. The minimum Gasteiger partial charge on any atom is -0.494 e. The molecule has 0 amide bonds. The van der Waals surface area contributed by atoms with Gasteiger partial charge in [0, 0.05) is 24.3 Å². The first-order valence-electron chi connectivity index (χ1n) is 5.76. The molecule has 0 saturated carbocycles. The van der Waals surface area contributed by atoms with Crippen LogP contribution in [0.4, 0.5) is 0 Å². The summed E-state index contributed by atoms with van der Waals surface area (Å²) in [7, 11) is 0. The van der Waals surface area contributed by atoms with Gasteiger partial charge < -0.3 is 9.64 Å². The quantitative estimate of drug-likeness (QED) is 0.780. The first-order valence-corrected chi connectivity index (χ1v) is 5.76. The number of fused-ring (bicyclic) bond motifs is 1. The molecule has 0 unspecified atom stereocenters. The molecule has 2 rings (SSSR count). The van der Waals surface area contributed by atoms with Gasteiger partial charge in [0.2, 0.25) is 0 Å². The molecule has 0 N–H and O–H groups in total. The smallest absolute Gasteiger partial charge is 0.115 e. The topological polar surface area (TPSA) is 25.4 Å². The number of rotatable bonds is 3. The Balaban J connectivity index is 2.38. The second-order valence-corrected chi connectivity index (χ2v) is 4.20. The zero-order chi connectivity index (χ0) is 11.5. The van der Waals surface area contributed by atoms with Crippen LogP contribution in [0.25, 0.3) is 5.70 Å². The monoisotopic (exact) mass is 218 g/mol. The molecule has 0 fully saturated rings. The van der Waals surface area contributed by atoms with Gasteiger partial charge in [-0.05, 0) is 26.8 Å². The van der Waals surface area contributed by atoms with E-state index in [-0.39, 0.29) is 0 Å². The van der Waals surface area contributed by atoms with Gasteiger partial charge >= 0.3 is 0 Å². The largest absolute Gasteiger partial charge is 0.494 e. The Morgan fingerprint density at radius 2 is 2.31 bits per heavy atom. The Labute approximate surface area is 96.7 Å². The van der Waals surface area contributed by atoms with Crippen LogP contribution in [0.3, 0.4) is 0 Å². The molecule has 0 aliphatic carbocycles. The number of pyridine rings is 1. The van der Waals surface area contributed by atoms with E-state index in [9.17, 15) is 0 Å². The molecule has 2 heterocycles. The summed E-state index contributed by atoms with van der Waals surface area (Å²) in [6, 6.07) is 4.48. The SMILES string of the molecule is CCN(C1=COCc2cccnc21)C(C)C. The summed E-state index contributed by atoms with van der Waals surface area (Å²) in [6.07, 6.45) is 3.67. The van der Waals surface area contributed by atoms with Crippen LogP contribution < -0.4 is 0 Å². The van der Waals surface area contributed by atoms with Crippen molar-refractivity contribution in [1.29, 1.82) is 0 Å². The summed E-state index contributed by atoms with van der Waals surface area (Å²) in [6.45, 7) is 8.10. The van der Waals surface area contributed by atoms with Crippen molar-refractivity contribution in [3.63, 3.8) is 0 Å². The minimum absolute atomic E-state index is 0.452. The highest BCUT2D eigenvalue weighted by Crippen LogP contribution is 2.27. The average Bonchev–Trinajstić information content (AvgIpc) is 2.30. The molecule has 16 heavy (non-hydrogen) atoms. The highest BCUT2D eigenvalue weighted by molar-refractivity contribution is 5.64. The molecule has 3 nitrogen and oxygen atoms in total. The number of aromatic nitrogens is 1. The Bertz CT molecular complexity index is 399. The van der Waals surface area contributed by atoms with E-state index < -0.39 is 0 Å². The molecule has 1 aromatic rings. The van der Waals surface area contributed by atoms with E-state index in [4.69, 9.17) is 4.74 Å². The van der Waals surface area contributed by atoms with Crippen LogP contribution in [0.5, 0.6) is 0 Å². The van der Waals surface area contributed by atoms with Crippen molar-refractivity contribution < 1.29 is 4.74 Å². The molecule has 86 valence electrons. The number of hydrogen-bond acceptors (Lipinski definition) is 3. The van der Waals surface area contributed by atoms with Gasteiger partial charge in [-0.1, -0.05) is 6.07 Å². The molecule has 3 heteroatoms. The molecule has 0 radical (unpaired) electrons. The van der Waals surface area contributed by atoms with Gasteiger partial charge in [0.1, 0.15) is 12.9 Å². The Kier molecular flexibility index (Phi) is 3.13. The van der Waals surface area contributed by atoms with Gasteiger partial charge in [-0.25, -0.2) is 0 Å². The van der Waals surface area contributed by atoms with E-state index in [0.29, 0.717) is 12.6 Å². The van der Waals surface area contributed by atoms with E-state index in [1.807, 2.05) is 18.5 Å². The lowest BCUT2D eigenvalue weighted by molar-refractivity contribution is 0.218. The predicted molar refractivity (Wildman–Crippen MR) is 64.5 cm³/mol. The number of hydrogen-bond donors (Lipinski definition) is 0. The van der Waals surface area contributed by atoms with Crippen molar-refractivity contribution in [2.24, 2.45) is 0 Å². The third kappa shape index (κ3) is 1.90. The molecule has 1 aliphatic rings. The Morgan fingerprint density at radius 3 is 3.00 bits per heavy atom. The van der Waals surface area contributed by atoms with E-state index >= 15 is 0 Å². The fourth-order valence-electron chi connectivity index (χ4n) is 2.07. The highest BCUT2D eigenvalue weighted by atomic mass is 16.5. The molecule has 1 aromatic heterocycles. The first kappa shape index (κ1) is 11.0. The van der Waals surface area contributed by atoms with Gasteiger partial charge in [0.15, 0.2) is 0 Å². The molecule has 0 spiro atoms. The Morgan fingerprint density at radius 1 is 1.50 bits per heavy atom. The average molecular weight is 218 g/mol. The van der Waals surface area contributed by atoms with Gasteiger partial charge in [-0.2, -0.15) is 0 Å². The summed E-state index contributed by atoms with van der Waals surface area (Å²) >= 11 is 0.